The minimum atomic E-state index is -3.92. The van der Waals surface area contributed by atoms with Gasteiger partial charge in [-0.3, -0.25) is 9.59 Å². The first-order chi connectivity index (χ1) is 17.6. The number of anilines is 1. The summed E-state index contributed by atoms with van der Waals surface area (Å²) in [7, 11) is -3.92. The third-order valence-electron chi connectivity index (χ3n) is 6.18. The molecule has 1 heterocycles. The molecule has 194 valence electrons. The number of carboxylic acids is 1. The summed E-state index contributed by atoms with van der Waals surface area (Å²) in [5, 5.41) is 16.1. The van der Waals surface area contributed by atoms with Gasteiger partial charge in [0.1, 0.15) is 0 Å². The van der Waals surface area contributed by atoms with E-state index in [9.17, 15) is 22.8 Å². The molecule has 1 aliphatic rings. The first-order valence-corrected chi connectivity index (χ1v) is 13.6. The number of hydrogen-bond donors (Lipinski definition) is 4. The van der Waals surface area contributed by atoms with E-state index < -0.39 is 22.0 Å². The average molecular weight is 542 g/mol. The molecule has 1 saturated heterocycles. The molecule has 0 saturated carbocycles. The van der Waals surface area contributed by atoms with E-state index in [1.165, 1.54) is 16.4 Å². The quantitative estimate of drug-likeness (QED) is 0.272. The first-order valence-electron chi connectivity index (χ1n) is 11.7. The molecule has 9 nitrogen and oxygen atoms in total. The molecule has 2 atom stereocenters. The molecule has 0 spiro atoms. The topological polar surface area (TPSA) is 133 Å². The van der Waals surface area contributed by atoms with Gasteiger partial charge < -0.3 is 15.7 Å². The minimum absolute atomic E-state index is 0.0157. The van der Waals surface area contributed by atoms with Gasteiger partial charge in [0.2, 0.25) is 10.0 Å². The highest BCUT2D eigenvalue weighted by Crippen LogP contribution is 2.30. The molecular weight excluding hydrogens is 514 g/mol. The lowest BCUT2D eigenvalue weighted by atomic mass is 10.1. The van der Waals surface area contributed by atoms with Gasteiger partial charge >= 0.3 is 5.97 Å². The molecule has 4 rings (SSSR count). The summed E-state index contributed by atoms with van der Waals surface area (Å²) in [4.78, 5) is 36.2. The van der Waals surface area contributed by atoms with Crippen LogP contribution in [0.3, 0.4) is 0 Å². The zero-order valence-electron chi connectivity index (χ0n) is 19.8. The Morgan fingerprint density at radius 1 is 0.946 bits per heavy atom. The predicted molar refractivity (Wildman–Crippen MR) is 144 cm³/mol. The maximum Gasteiger partial charge on any atom is 0.335 e. The minimum Gasteiger partial charge on any atom is -0.478 e. The number of nitrogens with zero attached hydrogens (tertiary/aromatic N) is 1. The largest absolute Gasteiger partial charge is 0.478 e. The fourth-order valence-electron chi connectivity index (χ4n) is 4.24. The van der Waals surface area contributed by atoms with Crippen LogP contribution in [0.2, 0.25) is 0 Å². The molecule has 0 amide bonds. The second-order valence-corrected chi connectivity index (χ2v) is 11.5. The molecule has 3 aromatic carbocycles. The number of nitrogens with one attached hydrogen (secondary N) is 2. The highest BCUT2D eigenvalue weighted by atomic mass is 32.2. The van der Waals surface area contributed by atoms with Gasteiger partial charge in [0, 0.05) is 17.5 Å². The number of Topliss-reactive ketones (excluding diaryl/α,β-unsaturated/α-hetero) is 2. The molecule has 0 bridgehead atoms. The molecule has 1 fully saturated rings. The number of sulfonamides is 1. The van der Waals surface area contributed by atoms with Crippen molar-refractivity contribution in [3.8, 4) is 0 Å². The van der Waals surface area contributed by atoms with Crippen LogP contribution in [0.5, 0.6) is 0 Å². The molecule has 11 heteroatoms. The van der Waals surface area contributed by atoms with E-state index >= 15 is 0 Å². The third-order valence-corrected chi connectivity index (χ3v) is 8.42. The molecule has 0 aliphatic carbocycles. The third kappa shape index (κ3) is 6.37. The van der Waals surface area contributed by atoms with Crippen molar-refractivity contribution in [2.45, 2.75) is 22.6 Å². The van der Waals surface area contributed by atoms with Crippen molar-refractivity contribution in [3.63, 3.8) is 0 Å². The number of ketones is 2. The van der Waals surface area contributed by atoms with Crippen LogP contribution in [0.15, 0.2) is 71.6 Å². The summed E-state index contributed by atoms with van der Waals surface area (Å²) in [5.41, 5.74) is 0.735. The Labute approximate surface area is 220 Å². The number of thiol groups is 1. The number of carboxylic acid groups (broad SMARTS) is 1. The lowest BCUT2D eigenvalue weighted by Crippen LogP contribution is -2.44. The number of carbonyl (C=O) groups is 3. The van der Waals surface area contributed by atoms with Crippen LogP contribution in [-0.4, -0.2) is 72.8 Å². The molecule has 0 unspecified atom stereocenters. The molecule has 0 aromatic heterocycles. The molecular formula is C26H27N3O6S2. The Hall–Kier alpha value is -3.25. The summed E-state index contributed by atoms with van der Waals surface area (Å²) < 4.78 is 28.1. The van der Waals surface area contributed by atoms with Crippen molar-refractivity contribution in [1.82, 2.24) is 9.62 Å². The Bertz CT molecular complexity index is 1430. The van der Waals surface area contributed by atoms with Gasteiger partial charge in [-0.05, 0) is 53.6 Å². The normalized spacial score (nSPS) is 18.1. The van der Waals surface area contributed by atoms with E-state index in [-0.39, 0.29) is 59.9 Å². The lowest BCUT2D eigenvalue weighted by Gasteiger charge is -2.23. The molecule has 3 N–H and O–H groups in total. The van der Waals surface area contributed by atoms with Gasteiger partial charge in [0.05, 0.1) is 36.1 Å². The van der Waals surface area contributed by atoms with E-state index in [4.69, 9.17) is 5.11 Å². The monoisotopic (exact) mass is 541 g/mol. The van der Waals surface area contributed by atoms with Gasteiger partial charge in [-0.15, -0.1) is 0 Å². The van der Waals surface area contributed by atoms with Crippen molar-refractivity contribution in [2.24, 2.45) is 0 Å². The standard InChI is InChI=1S/C26H27N3O6S2/c30-21(14-28-20-8-5-18(6-9-20)26(32)33)13-27-15-25(31)24-12-22(36)16-29(24)37(34,35)23-10-7-17-3-1-2-4-19(17)11-23/h1-11,22,24,27-28,36H,12-16H2,(H,32,33)/t22-,24+/m1/s1. The first kappa shape index (κ1) is 26.8. The Balaban J connectivity index is 1.33. The summed E-state index contributed by atoms with van der Waals surface area (Å²) in [5.74, 6) is -1.58. The van der Waals surface area contributed by atoms with E-state index in [0.717, 1.165) is 10.8 Å². The smallest absolute Gasteiger partial charge is 0.335 e. The van der Waals surface area contributed by atoms with Crippen LogP contribution in [-0.2, 0) is 19.6 Å². The molecule has 0 radical (unpaired) electrons. The van der Waals surface area contributed by atoms with Crippen LogP contribution in [0.25, 0.3) is 10.8 Å². The molecule has 37 heavy (non-hydrogen) atoms. The maximum atomic E-state index is 13.4. The lowest BCUT2D eigenvalue weighted by molar-refractivity contribution is -0.121. The number of benzene rings is 3. The van der Waals surface area contributed by atoms with Crippen LogP contribution in [0.4, 0.5) is 5.69 Å². The van der Waals surface area contributed by atoms with Gasteiger partial charge in [-0.25, -0.2) is 13.2 Å². The van der Waals surface area contributed by atoms with Crippen LogP contribution in [0, 0.1) is 0 Å². The fourth-order valence-corrected chi connectivity index (χ4v) is 6.43. The number of aromatic carboxylic acids is 1. The number of carbonyl (C=O) groups excluding carboxylic acids is 2. The zero-order valence-corrected chi connectivity index (χ0v) is 21.5. The molecule has 3 aromatic rings. The van der Waals surface area contributed by atoms with Crippen molar-refractivity contribution < 1.29 is 27.9 Å². The Morgan fingerprint density at radius 3 is 2.35 bits per heavy atom. The number of rotatable bonds is 11. The SMILES string of the molecule is O=C(CNCC(=O)[C@@H]1C[C@@H](S)CN1S(=O)(=O)c1ccc2ccccc2c1)CNc1ccc(C(=O)O)cc1. The van der Waals surface area contributed by atoms with Crippen molar-refractivity contribution in [2.75, 3.05) is 31.5 Å². The predicted octanol–water partition coefficient (Wildman–Crippen LogP) is 2.44. The number of hydrogen-bond acceptors (Lipinski definition) is 8. The van der Waals surface area contributed by atoms with Crippen LogP contribution in [0.1, 0.15) is 16.8 Å². The summed E-state index contributed by atoms with van der Waals surface area (Å²) >= 11 is 4.44. The van der Waals surface area contributed by atoms with Crippen molar-refractivity contribution in [3.05, 3.63) is 72.3 Å². The summed E-state index contributed by atoms with van der Waals surface area (Å²) in [6.45, 7) is -0.134. The number of fused-ring (bicyclic) bond motifs is 1. The van der Waals surface area contributed by atoms with Crippen molar-refractivity contribution >= 4 is 56.6 Å². The summed E-state index contributed by atoms with van der Waals surface area (Å²) in [6, 6.07) is 17.5. The highest BCUT2D eigenvalue weighted by molar-refractivity contribution is 7.89. The van der Waals surface area contributed by atoms with Gasteiger partial charge in [0.15, 0.2) is 11.6 Å². The van der Waals surface area contributed by atoms with Gasteiger partial charge in [-0.1, -0.05) is 30.3 Å². The van der Waals surface area contributed by atoms with E-state index in [1.807, 2.05) is 24.3 Å². The second kappa shape index (κ2) is 11.4. The highest BCUT2D eigenvalue weighted by Gasteiger charge is 2.42. The average Bonchev–Trinajstić information content (AvgIpc) is 3.30. The van der Waals surface area contributed by atoms with Crippen molar-refractivity contribution in [1.29, 1.82) is 0 Å². The summed E-state index contributed by atoms with van der Waals surface area (Å²) in [6.07, 6.45) is 0.290. The van der Waals surface area contributed by atoms with Crippen LogP contribution < -0.4 is 10.6 Å². The Morgan fingerprint density at radius 2 is 1.65 bits per heavy atom. The Kier molecular flexibility index (Phi) is 8.28. The van der Waals surface area contributed by atoms with E-state index in [0.29, 0.717) is 5.69 Å². The van der Waals surface area contributed by atoms with E-state index in [1.54, 1.807) is 30.3 Å². The maximum absolute atomic E-state index is 13.4. The fraction of sp³-hybridized carbons (Fsp3) is 0.269. The second-order valence-electron chi connectivity index (χ2n) is 8.83. The van der Waals surface area contributed by atoms with Gasteiger partial charge in [-0.2, -0.15) is 16.9 Å². The molecule has 1 aliphatic heterocycles. The van der Waals surface area contributed by atoms with Crippen LogP contribution >= 0.6 is 12.6 Å². The van der Waals surface area contributed by atoms with Gasteiger partial charge in [0.25, 0.3) is 0 Å². The zero-order chi connectivity index (χ0) is 26.6. The van der Waals surface area contributed by atoms with E-state index in [2.05, 4.69) is 23.3 Å².